The van der Waals surface area contributed by atoms with Gasteiger partial charge in [-0.25, -0.2) is 0 Å². The van der Waals surface area contributed by atoms with Crippen molar-refractivity contribution in [3.05, 3.63) is 23.8 Å². The number of allylic oxidation sites excluding steroid dienone is 4. The van der Waals surface area contributed by atoms with E-state index in [9.17, 15) is 0 Å². The molecule has 0 unspecified atom stereocenters. The molecule has 0 aliphatic heterocycles. The highest BCUT2D eigenvalue weighted by molar-refractivity contribution is 5.17. The summed E-state index contributed by atoms with van der Waals surface area (Å²) in [6.45, 7) is 8.84. The van der Waals surface area contributed by atoms with Crippen LogP contribution in [0.4, 0.5) is 0 Å². The van der Waals surface area contributed by atoms with Crippen LogP contribution in [0.5, 0.6) is 0 Å². The summed E-state index contributed by atoms with van der Waals surface area (Å²) < 4.78 is 0. The predicted octanol–water partition coefficient (Wildman–Crippen LogP) is 4.07. The molecule has 0 bridgehead atoms. The molecule has 0 fully saturated rings. The van der Waals surface area contributed by atoms with Gasteiger partial charge in [0.1, 0.15) is 0 Å². The lowest BCUT2D eigenvalue weighted by Crippen LogP contribution is -2.16. The first-order valence-electron chi connectivity index (χ1n) is 6.37. The van der Waals surface area contributed by atoms with E-state index in [0.717, 1.165) is 13.0 Å². The maximum absolute atomic E-state index is 3.47. The molecule has 0 atom stereocenters. The summed E-state index contributed by atoms with van der Waals surface area (Å²) in [5.74, 6) is 0. The Bertz CT molecular complexity index is 180. The first-order chi connectivity index (χ1) is 7.35. The van der Waals surface area contributed by atoms with Gasteiger partial charge in [-0.1, -0.05) is 44.1 Å². The molecule has 88 valence electrons. The molecule has 0 heterocycles. The number of hydrogen-bond acceptors (Lipinski definition) is 1. The zero-order chi connectivity index (χ0) is 11.4. The van der Waals surface area contributed by atoms with Crippen LogP contribution in [0, 0.1) is 0 Å². The average Bonchev–Trinajstić information content (AvgIpc) is 2.24. The lowest BCUT2D eigenvalue weighted by molar-refractivity contribution is 0.617. The summed E-state index contributed by atoms with van der Waals surface area (Å²) in [5.41, 5.74) is 1.48. The van der Waals surface area contributed by atoms with Crippen molar-refractivity contribution in [2.24, 2.45) is 0 Å². The highest BCUT2D eigenvalue weighted by Gasteiger charge is 1.92. The van der Waals surface area contributed by atoms with Gasteiger partial charge in [0.15, 0.2) is 0 Å². The van der Waals surface area contributed by atoms with Gasteiger partial charge < -0.3 is 5.32 Å². The van der Waals surface area contributed by atoms with Gasteiger partial charge in [0.05, 0.1) is 0 Å². The van der Waals surface area contributed by atoms with Crippen LogP contribution in [0.15, 0.2) is 23.8 Å². The molecule has 0 aliphatic carbocycles. The normalized spacial score (nSPS) is 12.6. The highest BCUT2D eigenvalue weighted by atomic mass is 14.8. The fourth-order valence-corrected chi connectivity index (χ4v) is 1.57. The molecule has 0 rings (SSSR count). The molecule has 0 radical (unpaired) electrons. The minimum absolute atomic E-state index is 1.14. The van der Waals surface area contributed by atoms with Crippen LogP contribution in [0.1, 0.15) is 52.9 Å². The molecule has 1 heteroatoms. The van der Waals surface area contributed by atoms with E-state index in [-0.39, 0.29) is 0 Å². The molecule has 0 saturated heterocycles. The second-order valence-corrected chi connectivity index (χ2v) is 3.89. The van der Waals surface area contributed by atoms with Crippen molar-refractivity contribution in [1.29, 1.82) is 0 Å². The molecule has 0 aliphatic rings. The Kier molecular flexibility index (Phi) is 11.1. The molecular formula is C14H27N. The summed E-state index contributed by atoms with van der Waals surface area (Å²) in [6.07, 6.45) is 12.9. The van der Waals surface area contributed by atoms with E-state index in [2.05, 4.69) is 44.3 Å². The Morgan fingerprint density at radius 2 is 1.87 bits per heavy atom. The summed E-state index contributed by atoms with van der Waals surface area (Å²) in [4.78, 5) is 0. The number of nitrogens with one attached hydrogen (secondary N) is 1. The molecule has 1 nitrogen and oxygen atoms in total. The van der Waals surface area contributed by atoms with Gasteiger partial charge in [-0.2, -0.15) is 0 Å². The molecule has 0 aromatic carbocycles. The molecular weight excluding hydrogens is 182 g/mol. The van der Waals surface area contributed by atoms with Crippen molar-refractivity contribution < 1.29 is 0 Å². The molecule has 0 spiro atoms. The van der Waals surface area contributed by atoms with E-state index in [1.54, 1.807) is 0 Å². The maximum Gasteiger partial charge on any atom is -0.00458 e. The monoisotopic (exact) mass is 209 g/mol. The van der Waals surface area contributed by atoms with Gasteiger partial charge in [-0.05, 0) is 45.7 Å². The van der Waals surface area contributed by atoms with Crippen molar-refractivity contribution in [3.63, 3.8) is 0 Å². The molecule has 0 aromatic heterocycles. The number of unbranched alkanes of at least 4 members (excludes halogenated alkanes) is 1. The Balaban J connectivity index is 3.50. The molecule has 15 heavy (non-hydrogen) atoms. The largest absolute Gasteiger partial charge is 0.317 e. The van der Waals surface area contributed by atoms with Crippen molar-refractivity contribution in [1.82, 2.24) is 5.32 Å². The van der Waals surface area contributed by atoms with Crippen LogP contribution in [-0.4, -0.2) is 13.1 Å². The van der Waals surface area contributed by atoms with Crippen LogP contribution in [0.3, 0.4) is 0 Å². The Morgan fingerprint density at radius 1 is 1.13 bits per heavy atom. The van der Waals surface area contributed by atoms with Gasteiger partial charge >= 0.3 is 0 Å². The van der Waals surface area contributed by atoms with E-state index < -0.39 is 0 Å². The second kappa shape index (κ2) is 11.5. The number of rotatable bonds is 9. The van der Waals surface area contributed by atoms with Gasteiger partial charge in [-0.3, -0.25) is 0 Å². The SMILES string of the molecule is C/C=C\C(=C/CC)CCCNCCCC. The first kappa shape index (κ1) is 14.4. The van der Waals surface area contributed by atoms with Gasteiger partial charge in [0.2, 0.25) is 0 Å². The van der Waals surface area contributed by atoms with Crippen molar-refractivity contribution in [2.75, 3.05) is 13.1 Å². The maximum atomic E-state index is 3.47. The van der Waals surface area contributed by atoms with Crippen molar-refractivity contribution in [3.8, 4) is 0 Å². The van der Waals surface area contributed by atoms with Gasteiger partial charge in [0, 0.05) is 0 Å². The molecule has 0 aromatic rings. The van der Waals surface area contributed by atoms with Gasteiger partial charge in [0.25, 0.3) is 0 Å². The van der Waals surface area contributed by atoms with Crippen LogP contribution in [0.2, 0.25) is 0 Å². The number of hydrogen-bond donors (Lipinski definition) is 1. The zero-order valence-corrected chi connectivity index (χ0v) is 10.7. The predicted molar refractivity (Wildman–Crippen MR) is 70.2 cm³/mol. The summed E-state index contributed by atoms with van der Waals surface area (Å²) in [5, 5.41) is 3.47. The molecule has 0 saturated carbocycles. The molecule has 0 amide bonds. The topological polar surface area (TPSA) is 12.0 Å². The van der Waals surface area contributed by atoms with Gasteiger partial charge in [-0.15, -0.1) is 0 Å². The Hall–Kier alpha value is -0.560. The summed E-state index contributed by atoms with van der Waals surface area (Å²) in [6, 6.07) is 0. The standard InChI is InChI=1S/C14H27N/c1-4-7-12-15-13-8-11-14(9-5-2)10-6-3/h5,9-10,15H,4,6-8,11-13H2,1-3H3/b9-5-,14-10+. The minimum Gasteiger partial charge on any atom is -0.317 e. The average molecular weight is 209 g/mol. The van der Waals surface area contributed by atoms with Crippen LogP contribution < -0.4 is 5.32 Å². The fourth-order valence-electron chi connectivity index (χ4n) is 1.57. The summed E-state index contributed by atoms with van der Waals surface area (Å²) in [7, 11) is 0. The lowest BCUT2D eigenvalue weighted by Gasteiger charge is -2.04. The Morgan fingerprint density at radius 3 is 2.47 bits per heavy atom. The lowest BCUT2D eigenvalue weighted by atomic mass is 10.1. The fraction of sp³-hybridized carbons (Fsp3) is 0.714. The van der Waals surface area contributed by atoms with Crippen LogP contribution in [0.25, 0.3) is 0 Å². The van der Waals surface area contributed by atoms with E-state index in [4.69, 9.17) is 0 Å². The highest BCUT2D eigenvalue weighted by Crippen LogP contribution is 2.07. The molecule has 1 N–H and O–H groups in total. The van der Waals surface area contributed by atoms with Crippen LogP contribution in [-0.2, 0) is 0 Å². The van der Waals surface area contributed by atoms with E-state index >= 15 is 0 Å². The second-order valence-electron chi connectivity index (χ2n) is 3.89. The third-order valence-corrected chi connectivity index (χ3v) is 2.37. The minimum atomic E-state index is 1.14. The smallest absolute Gasteiger partial charge is 0.00458 e. The van der Waals surface area contributed by atoms with Crippen molar-refractivity contribution >= 4 is 0 Å². The van der Waals surface area contributed by atoms with E-state index in [1.165, 1.54) is 37.8 Å². The van der Waals surface area contributed by atoms with E-state index in [1.807, 2.05) is 0 Å². The van der Waals surface area contributed by atoms with E-state index in [0.29, 0.717) is 0 Å². The Labute approximate surface area is 95.7 Å². The van der Waals surface area contributed by atoms with Crippen LogP contribution >= 0.6 is 0 Å². The van der Waals surface area contributed by atoms with Crippen molar-refractivity contribution in [2.45, 2.75) is 52.9 Å². The summed E-state index contributed by atoms with van der Waals surface area (Å²) >= 11 is 0. The first-order valence-corrected chi connectivity index (χ1v) is 6.37. The third kappa shape index (κ3) is 9.74. The quantitative estimate of drug-likeness (QED) is 0.446. The zero-order valence-electron chi connectivity index (χ0n) is 10.7. The third-order valence-electron chi connectivity index (χ3n) is 2.37.